The second-order valence-corrected chi connectivity index (χ2v) is 12.3. The monoisotopic (exact) mass is 656 g/mol. The summed E-state index contributed by atoms with van der Waals surface area (Å²) in [5, 5.41) is 15.5. The molecular weight excluding hydrogens is 622 g/mol. The Balaban J connectivity index is 1.52. The van der Waals surface area contributed by atoms with Gasteiger partial charge in [-0.15, -0.1) is 0 Å². The van der Waals surface area contributed by atoms with Gasteiger partial charge in [0, 0.05) is 35.6 Å². The first-order valence-corrected chi connectivity index (χ1v) is 15.5. The van der Waals surface area contributed by atoms with E-state index in [0.717, 1.165) is 35.9 Å². The predicted molar refractivity (Wildman–Crippen MR) is 165 cm³/mol. The van der Waals surface area contributed by atoms with Crippen molar-refractivity contribution in [1.82, 2.24) is 20.5 Å². The van der Waals surface area contributed by atoms with E-state index in [1.54, 1.807) is 0 Å². The first-order valence-electron chi connectivity index (χ1n) is 15.5. The van der Waals surface area contributed by atoms with Gasteiger partial charge < -0.3 is 15.7 Å². The highest BCUT2D eigenvalue weighted by molar-refractivity contribution is 6.09. The number of likely N-dealkylation sites (tertiary alicyclic amines) is 1. The summed E-state index contributed by atoms with van der Waals surface area (Å²) in [6.45, 7) is 1.63. The van der Waals surface area contributed by atoms with E-state index in [2.05, 4.69) is 15.6 Å². The summed E-state index contributed by atoms with van der Waals surface area (Å²) in [7, 11) is 0. The van der Waals surface area contributed by atoms with Crippen LogP contribution in [-0.2, 0) is 24.4 Å². The van der Waals surface area contributed by atoms with Crippen molar-refractivity contribution < 1.29 is 36.2 Å². The zero-order valence-electron chi connectivity index (χ0n) is 25.4. The van der Waals surface area contributed by atoms with Crippen LogP contribution in [-0.4, -0.2) is 53.2 Å². The Kier molecular flexibility index (Phi) is 9.03. The second kappa shape index (κ2) is 12.9. The first kappa shape index (κ1) is 32.9. The van der Waals surface area contributed by atoms with Crippen molar-refractivity contribution in [3.63, 3.8) is 0 Å². The van der Waals surface area contributed by atoms with Crippen LogP contribution in [0.5, 0.6) is 0 Å². The van der Waals surface area contributed by atoms with Crippen LogP contribution >= 0.6 is 0 Å². The van der Waals surface area contributed by atoms with Crippen LogP contribution in [0.3, 0.4) is 0 Å². The van der Waals surface area contributed by atoms with E-state index in [0.29, 0.717) is 45.3 Å². The normalized spacial score (nSPS) is 17.2. The molecule has 6 nitrogen and oxygen atoms in total. The number of carbonyl (C=O) groups excluding carboxylic acids is 1. The Labute approximate surface area is 267 Å². The highest BCUT2D eigenvalue weighted by Crippen LogP contribution is 2.46. The molecule has 248 valence electrons. The third-order valence-electron chi connectivity index (χ3n) is 9.05. The number of amides is 1. The fourth-order valence-corrected chi connectivity index (χ4v) is 6.41. The molecule has 3 N–H and O–H groups in total. The summed E-state index contributed by atoms with van der Waals surface area (Å²) in [5.41, 5.74) is -1.20. The Hall–Kier alpha value is -4.00. The van der Waals surface area contributed by atoms with E-state index in [1.807, 2.05) is 35.2 Å². The zero-order valence-corrected chi connectivity index (χ0v) is 25.4. The van der Waals surface area contributed by atoms with Crippen LogP contribution in [0.4, 0.5) is 26.3 Å². The summed E-state index contributed by atoms with van der Waals surface area (Å²) in [6, 6.07) is 17.0. The smallest absolute Gasteiger partial charge is 0.395 e. The Morgan fingerprint density at radius 1 is 0.894 bits per heavy atom. The van der Waals surface area contributed by atoms with E-state index < -0.39 is 34.9 Å². The SMILES string of the molecule is O=C(NC1(c2ccccc2)CC1)c1c(CN2CCC(NCCO)CC2)c(-c2cccc(C(F)(F)F)c2)nc2ccc(C(F)(F)F)cc12. The largest absolute Gasteiger partial charge is 0.416 e. The van der Waals surface area contributed by atoms with Crippen molar-refractivity contribution in [3.05, 3.63) is 101 Å². The highest BCUT2D eigenvalue weighted by Gasteiger charge is 2.46. The molecule has 1 aromatic heterocycles. The second-order valence-electron chi connectivity index (χ2n) is 12.3. The highest BCUT2D eigenvalue weighted by atomic mass is 19.4. The van der Waals surface area contributed by atoms with Crippen LogP contribution in [0.2, 0.25) is 0 Å². The number of halogens is 6. The van der Waals surface area contributed by atoms with Crippen LogP contribution in [0.1, 0.15) is 58.3 Å². The number of aliphatic hydroxyl groups excluding tert-OH is 1. The molecule has 3 aromatic carbocycles. The van der Waals surface area contributed by atoms with Gasteiger partial charge in [0.25, 0.3) is 5.91 Å². The molecule has 1 saturated heterocycles. The number of nitrogens with zero attached hydrogens (tertiary/aromatic N) is 2. The maximum absolute atomic E-state index is 14.4. The molecule has 1 aliphatic heterocycles. The van der Waals surface area contributed by atoms with Gasteiger partial charge in [0.2, 0.25) is 0 Å². The van der Waals surface area contributed by atoms with E-state index in [-0.39, 0.29) is 52.5 Å². The molecule has 6 rings (SSSR count). The maximum Gasteiger partial charge on any atom is 0.416 e. The van der Waals surface area contributed by atoms with Gasteiger partial charge in [0.05, 0.1) is 40.0 Å². The number of aliphatic hydroxyl groups is 1. The molecule has 12 heteroatoms. The van der Waals surface area contributed by atoms with E-state index in [1.165, 1.54) is 12.1 Å². The molecule has 1 aliphatic carbocycles. The maximum atomic E-state index is 14.4. The lowest BCUT2D eigenvalue weighted by Crippen LogP contribution is -2.43. The predicted octanol–water partition coefficient (Wildman–Crippen LogP) is 6.90. The third kappa shape index (κ3) is 7.14. The molecular formula is C35H34F6N4O2. The minimum Gasteiger partial charge on any atom is -0.395 e. The summed E-state index contributed by atoms with van der Waals surface area (Å²) < 4.78 is 83.5. The van der Waals surface area contributed by atoms with Crippen LogP contribution in [0.15, 0.2) is 72.8 Å². The molecule has 0 bridgehead atoms. The number of nitrogens with one attached hydrogen (secondary N) is 2. The average molecular weight is 657 g/mol. The number of rotatable bonds is 9. The minimum absolute atomic E-state index is 0.00776. The third-order valence-corrected chi connectivity index (χ3v) is 9.05. The van der Waals surface area contributed by atoms with Gasteiger partial charge in [0.15, 0.2) is 0 Å². The number of hydrogen-bond acceptors (Lipinski definition) is 5. The van der Waals surface area contributed by atoms with Crippen molar-refractivity contribution in [2.24, 2.45) is 0 Å². The Bertz CT molecular complexity index is 1750. The molecule has 1 amide bonds. The molecule has 47 heavy (non-hydrogen) atoms. The standard InChI is InChI=1S/C35H34F6N4O2/c36-34(37,38)24-8-4-5-22(19-24)31-28(21-45-16-11-26(12-17-45)42-15-18-46)30(27-20-25(35(39,40)41)9-10-29(27)43-31)32(47)44-33(13-14-33)23-6-2-1-3-7-23/h1-10,19-20,26,42,46H,11-18,21H2,(H,44,47). The van der Waals surface area contributed by atoms with Gasteiger partial charge in [-0.3, -0.25) is 9.69 Å². The molecule has 4 aromatic rings. The molecule has 1 saturated carbocycles. The van der Waals surface area contributed by atoms with Crippen molar-refractivity contribution in [3.8, 4) is 11.3 Å². The zero-order chi connectivity index (χ0) is 33.4. The lowest BCUT2D eigenvalue weighted by molar-refractivity contribution is -0.138. The fraction of sp³-hybridized carbons (Fsp3) is 0.371. The number of fused-ring (bicyclic) bond motifs is 1. The lowest BCUT2D eigenvalue weighted by atomic mass is 9.92. The topological polar surface area (TPSA) is 77.5 Å². The first-order chi connectivity index (χ1) is 22.4. The summed E-state index contributed by atoms with van der Waals surface area (Å²) in [6.07, 6.45) is -6.68. The summed E-state index contributed by atoms with van der Waals surface area (Å²) in [4.78, 5) is 21.1. The fourth-order valence-electron chi connectivity index (χ4n) is 6.41. The van der Waals surface area contributed by atoms with E-state index >= 15 is 0 Å². The molecule has 0 radical (unpaired) electrons. The number of alkyl halides is 6. The number of aromatic nitrogens is 1. The van der Waals surface area contributed by atoms with Crippen LogP contribution in [0, 0.1) is 0 Å². The average Bonchev–Trinajstić information content (AvgIpc) is 3.83. The number of benzene rings is 3. The molecule has 2 heterocycles. The number of hydrogen-bond donors (Lipinski definition) is 3. The summed E-state index contributed by atoms with van der Waals surface area (Å²) in [5.74, 6) is -0.610. The number of piperidine rings is 1. The van der Waals surface area contributed by atoms with Crippen molar-refractivity contribution >= 4 is 16.8 Å². The number of pyridine rings is 1. The molecule has 0 atom stereocenters. The molecule has 2 aliphatic rings. The minimum atomic E-state index is -4.70. The molecule has 0 spiro atoms. The lowest BCUT2D eigenvalue weighted by Gasteiger charge is -2.33. The van der Waals surface area contributed by atoms with Gasteiger partial charge in [0.1, 0.15) is 0 Å². The van der Waals surface area contributed by atoms with E-state index in [9.17, 15) is 36.2 Å². The van der Waals surface area contributed by atoms with Gasteiger partial charge in [-0.1, -0.05) is 42.5 Å². The Morgan fingerprint density at radius 2 is 1.57 bits per heavy atom. The van der Waals surface area contributed by atoms with Crippen molar-refractivity contribution in [2.45, 2.75) is 56.2 Å². The number of carbonyl (C=O) groups is 1. The van der Waals surface area contributed by atoms with Crippen molar-refractivity contribution in [2.75, 3.05) is 26.2 Å². The molecule has 2 fully saturated rings. The Morgan fingerprint density at radius 3 is 2.21 bits per heavy atom. The van der Waals surface area contributed by atoms with Gasteiger partial charge in [-0.05, 0) is 74.7 Å². The van der Waals surface area contributed by atoms with Crippen LogP contribution < -0.4 is 10.6 Å². The van der Waals surface area contributed by atoms with Crippen LogP contribution in [0.25, 0.3) is 22.2 Å². The van der Waals surface area contributed by atoms with E-state index in [4.69, 9.17) is 0 Å². The summed E-state index contributed by atoms with van der Waals surface area (Å²) >= 11 is 0. The van der Waals surface area contributed by atoms with Gasteiger partial charge in [-0.25, -0.2) is 4.98 Å². The van der Waals surface area contributed by atoms with Gasteiger partial charge >= 0.3 is 12.4 Å². The quantitative estimate of drug-likeness (QED) is 0.171. The van der Waals surface area contributed by atoms with Crippen molar-refractivity contribution in [1.29, 1.82) is 0 Å². The molecule has 0 unspecified atom stereocenters. The van der Waals surface area contributed by atoms with Gasteiger partial charge in [-0.2, -0.15) is 26.3 Å².